The average molecular weight is 513 g/mol. The van der Waals surface area contributed by atoms with Gasteiger partial charge in [-0.15, -0.1) is 0 Å². The Kier molecular flexibility index (Phi) is 6.46. The summed E-state index contributed by atoms with van der Waals surface area (Å²) in [6.45, 7) is 4.81. The first-order valence-electron chi connectivity index (χ1n) is 12.8. The minimum Gasteiger partial charge on any atom is -0.459 e. The molecule has 3 saturated heterocycles. The van der Waals surface area contributed by atoms with Crippen LogP contribution in [0, 0.1) is 23.7 Å². The molecular weight excluding hydrogens is 481 g/mol. The molecule has 36 heavy (non-hydrogen) atoms. The maximum absolute atomic E-state index is 12.3. The Balaban J connectivity index is 0.000000149. The van der Waals surface area contributed by atoms with Crippen molar-refractivity contribution in [2.24, 2.45) is 23.7 Å². The van der Waals surface area contributed by atoms with Crippen LogP contribution in [-0.4, -0.2) is 54.1 Å². The van der Waals surface area contributed by atoms with Crippen LogP contribution in [0.25, 0.3) is 0 Å². The van der Waals surface area contributed by atoms with E-state index >= 15 is 0 Å². The van der Waals surface area contributed by atoms with E-state index in [0.717, 1.165) is 25.7 Å². The van der Waals surface area contributed by atoms with Crippen LogP contribution in [0.15, 0.2) is 24.3 Å². The normalized spacial score (nSPS) is 38.5. The number of halogens is 3. The summed E-state index contributed by atoms with van der Waals surface area (Å²) in [6.07, 6.45) is 4.85. The van der Waals surface area contributed by atoms with Gasteiger partial charge in [-0.3, -0.25) is 9.59 Å². The third kappa shape index (κ3) is 4.46. The molecule has 8 atom stereocenters. The Bertz CT molecular complexity index is 967. The highest BCUT2D eigenvalue weighted by Gasteiger charge is 2.65. The molecule has 3 aliphatic carbocycles. The standard InChI is InChI=1S/C15H22O2.C11H9F3O5/c1-2-15(7-3-4-8-15)17-14(16)13-10-11-5-6-12(13)9-11;1-3(11(12,13)14)9(15)18-7-5-2-4-6(17-5)8(7)19-10(4)16/h5-6,11-13H,2-4,7-10H2,1H3;4-8H,1-2H2. The van der Waals surface area contributed by atoms with Crippen LogP contribution in [0.5, 0.6) is 0 Å². The highest BCUT2D eigenvalue weighted by Crippen LogP contribution is 2.48. The van der Waals surface area contributed by atoms with E-state index in [0.29, 0.717) is 18.3 Å². The lowest BCUT2D eigenvalue weighted by Crippen LogP contribution is -2.41. The van der Waals surface area contributed by atoms with E-state index in [2.05, 4.69) is 25.7 Å². The summed E-state index contributed by atoms with van der Waals surface area (Å²) < 4.78 is 57.9. The monoisotopic (exact) mass is 512 g/mol. The lowest BCUT2D eigenvalue weighted by Gasteiger charge is -2.30. The molecule has 4 bridgehead atoms. The molecule has 198 valence electrons. The molecule has 7 nitrogen and oxygen atoms in total. The van der Waals surface area contributed by atoms with Crippen molar-refractivity contribution in [3.8, 4) is 0 Å². The molecule has 3 aliphatic heterocycles. The van der Waals surface area contributed by atoms with Crippen molar-refractivity contribution >= 4 is 17.9 Å². The van der Waals surface area contributed by atoms with Crippen molar-refractivity contribution in [1.82, 2.24) is 0 Å². The van der Waals surface area contributed by atoms with Gasteiger partial charge >= 0.3 is 24.1 Å². The molecule has 5 fully saturated rings. The maximum Gasteiger partial charge on any atom is 0.422 e. The molecule has 6 rings (SSSR count). The summed E-state index contributed by atoms with van der Waals surface area (Å²) in [5.41, 5.74) is -1.70. The number of rotatable bonds is 5. The molecule has 8 unspecified atom stereocenters. The topological polar surface area (TPSA) is 88.1 Å². The molecule has 6 aliphatic rings. The number of alkyl halides is 3. The van der Waals surface area contributed by atoms with Crippen molar-refractivity contribution in [3.63, 3.8) is 0 Å². The van der Waals surface area contributed by atoms with Crippen LogP contribution in [-0.2, 0) is 33.3 Å². The van der Waals surface area contributed by atoms with Gasteiger partial charge in [0, 0.05) is 0 Å². The van der Waals surface area contributed by atoms with E-state index < -0.39 is 54.0 Å². The summed E-state index contributed by atoms with van der Waals surface area (Å²) in [5, 5.41) is 0. The Morgan fingerprint density at radius 2 is 1.86 bits per heavy atom. The number of allylic oxidation sites excluding steroid dienone is 2. The highest BCUT2D eigenvalue weighted by atomic mass is 19.4. The van der Waals surface area contributed by atoms with Gasteiger partial charge in [0.15, 0.2) is 12.2 Å². The number of hydrogen-bond acceptors (Lipinski definition) is 7. The number of carbonyl (C=O) groups excluding carboxylic acids is 3. The van der Waals surface area contributed by atoms with E-state index in [4.69, 9.17) is 18.9 Å². The summed E-state index contributed by atoms with van der Waals surface area (Å²) in [5.74, 6) is -1.03. The minimum atomic E-state index is -4.84. The molecule has 0 N–H and O–H groups in total. The van der Waals surface area contributed by atoms with Crippen LogP contribution in [0.1, 0.15) is 58.3 Å². The summed E-state index contributed by atoms with van der Waals surface area (Å²) in [6, 6.07) is 0. The summed E-state index contributed by atoms with van der Waals surface area (Å²) >= 11 is 0. The fourth-order valence-electron chi connectivity index (χ4n) is 6.58. The Hall–Kier alpha value is -2.36. The van der Waals surface area contributed by atoms with Gasteiger partial charge in [-0.05, 0) is 63.2 Å². The average Bonchev–Trinajstić information content (AvgIpc) is 3.66. The third-order valence-corrected chi connectivity index (χ3v) is 8.67. The summed E-state index contributed by atoms with van der Waals surface area (Å²) in [7, 11) is 0. The molecule has 0 amide bonds. The van der Waals surface area contributed by atoms with Gasteiger partial charge in [0.05, 0.1) is 17.9 Å². The third-order valence-electron chi connectivity index (χ3n) is 8.67. The SMILES string of the molecule is C=C(C(=O)OC1C2CC3C(=O)OC1C3O2)C(F)(F)F.CCC1(OC(=O)C2CC3C=CC2C3)CCCC1. The number of carbonyl (C=O) groups is 3. The molecule has 2 saturated carbocycles. The van der Waals surface area contributed by atoms with Gasteiger partial charge in [-0.2, -0.15) is 13.2 Å². The van der Waals surface area contributed by atoms with E-state index in [9.17, 15) is 27.6 Å². The number of esters is 3. The predicted molar refractivity (Wildman–Crippen MR) is 118 cm³/mol. The largest absolute Gasteiger partial charge is 0.459 e. The predicted octanol–water partition coefficient (Wildman–Crippen LogP) is 4.19. The minimum absolute atomic E-state index is 0.0885. The van der Waals surface area contributed by atoms with Gasteiger partial charge in [0.2, 0.25) is 0 Å². The lowest BCUT2D eigenvalue weighted by atomic mass is 9.88. The molecule has 0 aromatic heterocycles. The lowest BCUT2D eigenvalue weighted by molar-refractivity contribution is -0.166. The molecule has 0 radical (unpaired) electrons. The van der Waals surface area contributed by atoms with Crippen molar-refractivity contribution in [3.05, 3.63) is 24.3 Å². The van der Waals surface area contributed by atoms with Crippen LogP contribution in [0.4, 0.5) is 13.2 Å². The van der Waals surface area contributed by atoms with Crippen molar-refractivity contribution in [2.45, 2.75) is 94.5 Å². The smallest absolute Gasteiger partial charge is 0.422 e. The van der Waals surface area contributed by atoms with E-state index in [-0.39, 0.29) is 17.5 Å². The highest BCUT2D eigenvalue weighted by molar-refractivity contribution is 5.89. The zero-order chi connectivity index (χ0) is 25.8. The molecule has 10 heteroatoms. The van der Waals surface area contributed by atoms with Crippen molar-refractivity contribution in [1.29, 1.82) is 0 Å². The van der Waals surface area contributed by atoms with Crippen LogP contribution < -0.4 is 0 Å². The van der Waals surface area contributed by atoms with Gasteiger partial charge < -0.3 is 18.9 Å². The second-order valence-electron chi connectivity index (χ2n) is 10.8. The molecule has 0 aromatic rings. The van der Waals surface area contributed by atoms with Gasteiger partial charge in [0.25, 0.3) is 0 Å². The summed E-state index contributed by atoms with van der Waals surface area (Å²) in [4.78, 5) is 35.0. The van der Waals surface area contributed by atoms with Gasteiger partial charge in [0.1, 0.15) is 17.3 Å². The second kappa shape index (κ2) is 9.19. The maximum atomic E-state index is 12.3. The zero-order valence-electron chi connectivity index (χ0n) is 20.1. The number of hydrogen-bond donors (Lipinski definition) is 0. The quantitative estimate of drug-likeness (QED) is 0.236. The van der Waals surface area contributed by atoms with Crippen LogP contribution in [0.3, 0.4) is 0 Å². The first kappa shape index (κ1) is 25.3. The first-order valence-corrected chi connectivity index (χ1v) is 12.8. The Labute approximate surface area is 207 Å². The fourth-order valence-corrected chi connectivity index (χ4v) is 6.58. The molecule has 0 spiro atoms. The zero-order valence-corrected chi connectivity index (χ0v) is 20.1. The Morgan fingerprint density at radius 3 is 2.44 bits per heavy atom. The molecule has 3 heterocycles. The van der Waals surface area contributed by atoms with Crippen molar-refractivity contribution in [2.75, 3.05) is 0 Å². The number of ether oxygens (including phenoxy) is 4. The second-order valence-corrected chi connectivity index (χ2v) is 10.8. The van der Waals surface area contributed by atoms with Crippen molar-refractivity contribution < 1.29 is 46.5 Å². The van der Waals surface area contributed by atoms with Gasteiger partial charge in [-0.25, -0.2) is 4.79 Å². The van der Waals surface area contributed by atoms with Crippen LogP contribution in [0.2, 0.25) is 0 Å². The first-order chi connectivity index (χ1) is 17.0. The van der Waals surface area contributed by atoms with E-state index in [1.54, 1.807) is 0 Å². The number of fused-ring (bicyclic) bond motifs is 3. The van der Waals surface area contributed by atoms with E-state index in [1.807, 2.05) is 0 Å². The molecular formula is C26H31F3O7. The fraction of sp³-hybridized carbons (Fsp3) is 0.731. The van der Waals surface area contributed by atoms with Crippen LogP contribution >= 0.6 is 0 Å². The van der Waals surface area contributed by atoms with E-state index in [1.165, 1.54) is 19.3 Å². The van der Waals surface area contributed by atoms with Gasteiger partial charge in [-0.1, -0.05) is 25.7 Å². The molecule has 0 aromatic carbocycles. The Morgan fingerprint density at radius 1 is 1.14 bits per heavy atom.